The molecule has 1 atom stereocenters. The molecule has 0 amide bonds. The molecule has 0 aliphatic carbocycles. The van der Waals surface area contributed by atoms with E-state index in [1.165, 1.54) is 16.1 Å². The van der Waals surface area contributed by atoms with Crippen molar-refractivity contribution in [1.29, 1.82) is 0 Å². The molecule has 2 aromatic heterocycles. The standard InChI is InChI=1S/C15H17N3S/c1-10-8-9-11(2)18(10)17-12(3)15-16-13-6-4-5-7-14(13)19-15/h4-9,12,17H,1-3H3. The van der Waals surface area contributed by atoms with E-state index in [0.717, 1.165) is 10.5 Å². The summed E-state index contributed by atoms with van der Waals surface area (Å²) < 4.78 is 3.36. The molecule has 0 spiro atoms. The summed E-state index contributed by atoms with van der Waals surface area (Å²) in [4.78, 5) is 4.70. The number of nitrogens with one attached hydrogen (secondary N) is 1. The normalized spacial score (nSPS) is 12.8. The molecule has 0 bridgehead atoms. The first-order valence-corrected chi connectivity index (χ1v) is 7.24. The zero-order valence-electron chi connectivity index (χ0n) is 11.3. The van der Waals surface area contributed by atoms with Gasteiger partial charge in [0.25, 0.3) is 0 Å². The second kappa shape index (κ2) is 4.70. The van der Waals surface area contributed by atoms with Crippen molar-refractivity contribution in [3.8, 4) is 0 Å². The largest absolute Gasteiger partial charge is 0.316 e. The average molecular weight is 271 g/mol. The lowest BCUT2D eigenvalue weighted by Crippen LogP contribution is -2.20. The molecular weight excluding hydrogens is 254 g/mol. The first-order valence-electron chi connectivity index (χ1n) is 6.42. The summed E-state index contributed by atoms with van der Waals surface area (Å²) in [6, 6.07) is 12.7. The molecule has 3 aromatic rings. The smallest absolute Gasteiger partial charge is 0.117 e. The number of aryl methyl sites for hydroxylation is 2. The zero-order chi connectivity index (χ0) is 13.4. The Morgan fingerprint density at radius 2 is 1.79 bits per heavy atom. The van der Waals surface area contributed by atoms with Crippen molar-refractivity contribution in [3.05, 3.63) is 52.8 Å². The van der Waals surface area contributed by atoms with Crippen LogP contribution in [-0.2, 0) is 0 Å². The number of nitrogens with zero attached hydrogens (tertiary/aromatic N) is 2. The molecule has 0 radical (unpaired) electrons. The summed E-state index contributed by atoms with van der Waals surface area (Å²) in [6.45, 7) is 6.35. The minimum absolute atomic E-state index is 0.196. The fourth-order valence-electron chi connectivity index (χ4n) is 2.20. The molecule has 2 heterocycles. The molecule has 0 aliphatic heterocycles. The van der Waals surface area contributed by atoms with Gasteiger partial charge in [0.15, 0.2) is 0 Å². The Kier molecular flexibility index (Phi) is 3.03. The first-order chi connectivity index (χ1) is 9.15. The Morgan fingerprint density at radius 3 is 2.47 bits per heavy atom. The van der Waals surface area contributed by atoms with Gasteiger partial charge in [-0.05, 0) is 45.0 Å². The maximum absolute atomic E-state index is 4.70. The topological polar surface area (TPSA) is 29.9 Å². The molecular formula is C15H17N3S. The predicted octanol–water partition coefficient (Wildman–Crippen LogP) is 4.02. The van der Waals surface area contributed by atoms with Gasteiger partial charge >= 0.3 is 0 Å². The van der Waals surface area contributed by atoms with Crippen LogP contribution in [0, 0.1) is 13.8 Å². The van der Waals surface area contributed by atoms with Gasteiger partial charge in [-0.25, -0.2) is 4.98 Å². The van der Waals surface area contributed by atoms with E-state index in [0.29, 0.717) is 0 Å². The van der Waals surface area contributed by atoms with Gasteiger partial charge in [-0.2, -0.15) is 0 Å². The van der Waals surface area contributed by atoms with Crippen LogP contribution in [0.15, 0.2) is 36.4 Å². The van der Waals surface area contributed by atoms with E-state index in [1.807, 2.05) is 6.07 Å². The quantitative estimate of drug-likeness (QED) is 0.779. The van der Waals surface area contributed by atoms with Gasteiger partial charge in [0.2, 0.25) is 0 Å². The number of aromatic nitrogens is 2. The maximum Gasteiger partial charge on any atom is 0.117 e. The van der Waals surface area contributed by atoms with E-state index in [4.69, 9.17) is 4.98 Å². The average Bonchev–Trinajstić information content (AvgIpc) is 2.97. The molecule has 1 unspecified atom stereocenters. The van der Waals surface area contributed by atoms with Crippen LogP contribution in [0.4, 0.5) is 0 Å². The van der Waals surface area contributed by atoms with E-state index in [9.17, 15) is 0 Å². The number of hydrogen-bond acceptors (Lipinski definition) is 3. The van der Waals surface area contributed by atoms with E-state index < -0.39 is 0 Å². The number of fused-ring (bicyclic) bond motifs is 1. The monoisotopic (exact) mass is 271 g/mol. The van der Waals surface area contributed by atoms with Crippen molar-refractivity contribution >= 4 is 21.6 Å². The zero-order valence-corrected chi connectivity index (χ0v) is 12.2. The highest BCUT2D eigenvalue weighted by Gasteiger charge is 2.12. The SMILES string of the molecule is Cc1ccc(C)n1NC(C)c1nc2ccccc2s1. The van der Waals surface area contributed by atoms with Crippen molar-refractivity contribution < 1.29 is 0 Å². The molecule has 3 rings (SSSR count). The minimum atomic E-state index is 0.196. The summed E-state index contributed by atoms with van der Waals surface area (Å²) >= 11 is 1.75. The van der Waals surface area contributed by atoms with Gasteiger partial charge in [0, 0.05) is 11.4 Å². The second-order valence-electron chi connectivity index (χ2n) is 4.82. The van der Waals surface area contributed by atoms with Crippen LogP contribution < -0.4 is 5.43 Å². The Hall–Kier alpha value is -1.81. The van der Waals surface area contributed by atoms with E-state index in [-0.39, 0.29) is 6.04 Å². The van der Waals surface area contributed by atoms with Crippen molar-refractivity contribution in [2.24, 2.45) is 0 Å². The molecule has 0 saturated carbocycles. The Morgan fingerprint density at radius 1 is 1.11 bits per heavy atom. The lowest BCUT2D eigenvalue weighted by Gasteiger charge is -2.17. The lowest BCUT2D eigenvalue weighted by atomic mass is 10.3. The van der Waals surface area contributed by atoms with Crippen molar-refractivity contribution in [2.45, 2.75) is 26.8 Å². The summed E-state index contributed by atoms with van der Waals surface area (Å²) in [5.74, 6) is 0. The Bertz CT molecular complexity index is 659. The molecule has 1 aromatic carbocycles. The molecule has 3 nitrogen and oxygen atoms in total. The summed E-state index contributed by atoms with van der Waals surface area (Å²) in [5.41, 5.74) is 7.01. The molecule has 1 N–H and O–H groups in total. The van der Waals surface area contributed by atoms with Crippen LogP contribution in [0.3, 0.4) is 0 Å². The first kappa shape index (κ1) is 12.2. The highest BCUT2D eigenvalue weighted by molar-refractivity contribution is 7.18. The maximum atomic E-state index is 4.70. The van der Waals surface area contributed by atoms with Crippen LogP contribution in [-0.4, -0.2) is 9.66 Å². The number of benzene rings is 1. The molecule has 98 valence electrons. The summed E-state index contributed by atoms with van der Waals surface area (Å²) in [6.07, 6.45) is 0. The van der Waals surface area contributed by atoms with Gasteiger partial charge in [-0.15, -0.1) is 11.3 Å². The van der Waals surface area contributed by atoms with E-state index in [2.05, 4.69) is 61.2 Å². The second-order valence-corrected chi connectivity index (χ2v) is 5.88. The number of hydrogen-bond donors (Lipinski definition) is 1. The number of rotatable bonds is 3. The van der Waals surface area contributed by atoms with Crippen LogP contribution >= 0.6 is 11.3 Å². The third-order valence-electron chi connectivity index (χ3n) is 3.27. The van der Waals surface area contributed by atoms with Crippen LogP contribution in [0.1, 0.15) is 29.4 Å². The fraction of sp³-hybridized carbons (Fsp3) is 0.267. The third-order valence-corrected chi connectivity index (χ3v) is 4.49. The van der Waals surface area contributed by atoms with Gasteiger partial charge in [-0.1, -0.05) is 12.1 Å². The van der Waals surface area contributed by atoms with Crippen molar-refractivity contribution in [3.63, 3.8) is 0 Å². The third kappa shape index (κ3) is 2.24. The van der Waals surface area contributed by atoms with E-state index >= 15 is 0 Å². The van der Waals surface area contributed by atoms with Gasteiger partial charge in [-0.3, -0.25) is 4.68 Å². The van der Waals surface area contributed by atoms with Gasteiger partial charge < -0.3 is 5.43 Å². The minimum Gasteiger partial charge on any atom is -0.316 e. The number of para-hydroxylation sites is 1. The predicted molar refractivity (Wildman–Crippen MR) is 81.3 cm³/mol. The van der Waals surface area contributed by atoms with Gasteiger partial charge in [0.1, 0.15) is 5.01 Å². The van der Waals surface area contributed by atoms with E-state index in [1.54, 1.807) is 11.3 Å². The van der Waals surface area contributed by atoms with Crippen LogP contribution in [0.25, 0.3) is 10.2 Å². The summed E-state index contributed by atoms with van der Waals surface area (Å²) in [7, 11) is 0. The Labute approximate surface area is 116 Å². The molecule has 0 saturated heterocycles. The fourth-order valence-corrected chi connectivity index (χ4v) is 3.16. The van der Waals surface area contributed by atoms with Gasteiger partial charge in [0.05, 0.1) is 16.3 Å². The summed E-state index contributed by atoms with van der Waals surface area (Å²) in [5, 5.41) is 1.12. The molecule has 0 fully saturated rings. The molecule has 4 heteroatoms. The van der Waals surface area contributed by atoms with Crippen molar-refractivity contribution in [1.82, 2.24) is 9.66 Å². The lowest BCUT2D eigenvalue weighted by molar-refractivity contribution is 0.696. The molecule has 19 heavy (non-hydrogen) atoms. The van der Waals surface area contributed by atoms with Crippen LogP contribution in [0.2, 0.25) is 0 Å². The highest BCUT2D eigenvalue weighted by atomic mass is 32.1. The molecule has 0 aliphatic rings. The number of thiazole rings is 1. The Balaban J connectivity index is 1.89. The van der Waals surface area contributed by atoms with Crippen molar-refractivity contribution in [2.75, 3.05) is 5.43 Å². The highest BCUT2D eigenvalue weighted by Crippen LogP contribution is 2.26. The van der Waals surface area contributed by atoms with Crippen LogP contribution in [0.5, 0.6) is 0 Å².